The van der Waals surface area contributed by atoms with E-state index in [9.17, 15) is 4.79 Å². The van der Waals surface area contributed by atoms with Gasteiger partial charge in [-0.1, -0.05) is 18.2 Å². The van der Waals surface area contributed by atoms with Gasteiger partial charge in [-0.15, -0.1) is 10.2 Å². The van der Waals surface area contributed by atoms with E-state index in [1.807, 2.05) is 28.5 Å². The van der Waals surface area contributed by atoms with Crippen LogP contribution in [0.25, 0.3) is 0 Å². The number of fused-ring (bicyclic) bond motifs is 1. The van der Waals surface area contributed by atoms with E-state index in [-0.39, 0.29) is 12.1 Å². The number of hydrogen-bond acceptors (Lipinski definition) is 4. The predicted octanol–water partition coefficient (Wildman–Crippen LogP) is 1.85. The van der Waals surface area contributed by atoms with E-state index >= 15 is 0 Å². The van der Waals surface area contributed by atoms with Gasteiger partial charge >= 0.3 is 6.03 Å². The van der Waals surface area contributed by atoms with Crippen LogP contribution in [0.3, 0.4) is 0 Å². The number of amides is 2. The van der Waals surface area contributed by atoms with Crippen LogP contribution in [0, 0.1) is 0 Å². The third kappa shape index (κ3) is 3.20. The minimum absolute atomic E-state index is 0.0711. The standard InChI is InChI=1S/C17H24N6O/c1-4-22-12-19-20-16(22)9-18-17(24)23-11-14-7-5-6-8-15(14)21(3)10-13(23)2/h5-8,12-13H,4,9-11H2,1-3H3,(H,18,24). The van der Waals surface area contributed by atoms with Crippen molar-refractivity contribution in [2.75, 3.05) is 18.5 Å². The number of anilines is 1. The molecule has 128 valence electrons. The third-order valence-corrected chi connectivity index (χ3v) is 4.51. The van der Waals surface area contributed by atoms with Crippen molar-refractivity contribution >= 4 is 11.7 Å². The third-order valence-electron chi connectivity index (χ3n) is 4.51. The molecule has 7 heteroatoms. The van der Waals surface area contributed by atoms with E-state index in [1.54, 1.807) is 6.33 Å². The first-order valence-electron chi connectivity index (χ1n) is 8.30. The van der Waals surface area contributed by atoms with Crippen LogP contribution in [0.2, 0.25) is 0 Å². The highest BCUT2D eigenvalue weighted by atomic mass is 16.2. The van der Waals surface area contributed by atoms with Crippen molar-refractivity contribution < 1.29 is 4.79 Å². The molecule has 7 nitrogen and oxygen atoms in total. The number of para-hydroxylation sites is 1. The van der Waals surface area contributed by atoms with Crippen molar-refractivity contribution in [3.63, 3.8) is 0 Å². The van der Waals surface area contributed by atoms with Gasteiger partial charge in [0.05, 0.1) is 6.54 Å². The van der Waals surface area contributed by atoms with Gasteiger partial charge in [0.1, 0.15) is 6.33 Å². The van der Waals surface area contributed by atoms with Crippen LogP contribution in [0.15, 0.2) is 30.6 Å². The second-order valence-electron chi connectivity index (χ2n) is 6.18. The van der Waals surface area contributed by atoms with Gasteiger partial charge in [-0.3, -0.25) is 0 Å². The Balaban J connectivity index is 1.72. The molecule has 3 rings (SSSR count). The lowest BCUT2D eigenvalue weighted by Gasteiger charge is -2.28. The second kappa shape index (κ2) is 6.90. The van der Waals surface area contributed by atoms with Gasteiger partial charge in [-0.25, -0.2) is 4.79 Å². The molecule has 1 unspecified atom stereocenters. The maximum absolute atomic E-state index is 12.7. The number of aromatic nitrogens is 3. The smallest absolute Gasteiger partial charge is 0.318 e. The van der Waals surface area contributed by atoms with Gasteiger partial charge in [0.15, 0.2) is 5.82 Å². The highest BCUT2D eigenvalue weighted by Gasteiger charge is 2.26. The molecule has 2 heterocycles. The lowest BCUT2D eigenvalue weighted by Crippen LogP contribution is -2.46. The van der Waals surface area contributed by atoms with Crippen LogP contribution in [0.1, 0.15) is 25.2 Å². The summed E-state index contributed by atoms with van der Waals surface area (Å²) in [5, 5.41) is 10.9. The molecule has 0 spiro atoms. The monoisotopic (exact) mass is 328 g/mol. The number of urea groups is 1. The highest BCUT2D eigenvalue weighted by molar-refractivity contribution is 5.75. The molecule has 1 aromatic carbocycles. The quantitative estimate of drug-likeness (QED) is 0.934. The van der Waals surface area contributed by atoms with Gasteiger partial charge in [0.25, 0.3) is 0 Å². The number of aryl methyl sites for hydroxylation is 1. The molecule has 1 aliphatic heterocycles. The fourth-order valence-electron chi connectivity index (χ4n) is 3.16. The molecule has 0 fully saturated rings. The molecule has 24 heavy (non-hydrogen) atoms. The van der Waals surface area contributed by atoms with E-state index in [2.05, 4.69) is 46.5 Å². The number of hydrogen-bond donors (Lipinski definition) is 1. The first-order chi connectivity index (χ1) is 11.6. The Bertz CT molecular complexity index is 713. The maximum atomic E-state index is 12.7. The Hall–Kier alpha value is -2.57. The number of carbonyl (C=O) groups excluding carboxylic acids is 1. The van der Waals surface area contributed by atoms with Crippen LogP contribution in [-0.4, -0.2) is 45.3 Å². The Morgan fingerprint density at radius 3 is 2.96 bits per heavy atom. The van der Waals surface area contributed by atoms with Crippen LogP contribution in [0.5, 0.6) is 0 Å². The van der Waals surface area contributed by atoms with E-state index in [4.69, 9.17) is 0 Å². The Kier molecular flexibility index (Phi) is 4.69. The minimum atomic E-state index is -0.0711. The fourth-order valence-corrected chi connectivity index (χ4v) is 3.16. The summed E-state index contributed by atoms with van der Waals surface area (Å²) in [4.78, 5) is 16.8. The molecular formula is C17H24N6O. The summed E-state index contributed by atoms with van der Waals surface area (Å²) in [7, 11) is 2.07. The lowest BCUT2D eigenvalue weighted by molar-refractivity contribution is 0.177. The Morgan fingerprint density at radius 2 is 2.17 bits per heavy atom. The van der Waals surface area contributed by atoms with E-state index in [1.165, 1.54) is 5.69 Å². The van der Waals surface area contributed by atoms with E-state index in [0.29, 0.717) is 13.1 Å². The zero-order valence-corrected chi connectivity index (χ0v) is 14.4. The van der Waals surface area contributed by atoms with Crippen LogP contribution in [0.4, 0.5) is 10.5 Å². The number of nitrogens with zero attached hydrogens (tertiary/aromatic N) is 5. The summed E-state index contributed by atoms with van der Waals surface area (Å²) in [6, 6.07) is 8.28. The summed E-state index contributed by atoms with van der Waals surface area (Å²) in [6.45, 7) is 6.68. The topological polar surface area (TPSA) is 66.3 Å². The van der Waals surface area contributed by atoms with Crippen LogP contribution in [-0.2, 0) is 19.6 Å². The minimum Gasteiger partial charge on any atom is -0.372 e. The molecule has 1 N–H and O–H groups in total. The van der Waals surface area contributed by atoms with Gasteiger partial charge in [-0.05, 0) is 25.5 Å². The first kappa shape index (κ1) is 16.3. The molecule has 1 aromatic heterocycles. The van der Waals surface area contributed by atoms with Crippen LogP contribution >= 0.6 is 0 Å². The van der Waals surface area contributed by atoms with Crippen LogP contribution < -0.4 is 10.2 Å². The number of likely N-dealkylation sites (N-methyl/N-ethyl adjacent to an activating group) is 1. The van der Waals surface area contributed by atoms with Gasteiger partial charge in [0, 0.05) is 38.4 Å². The van der Waals surface area contributed by atoms with Crippen molar-refractivity contribution in [1.29, 1.82) is 0 Å². The number of benzene rings is 1. The summed E-state index contributed by atoms with van der Waals surface area (Å²) >= 11 is 0. The first-order valence-corrected chi connectivity index (χ1v) is 8.30. The molecular weight excluding hydrogens is 304 g/mol. The van der Waals surface area contributed by atoms with Crippen molar-refractivity contribution in [2.45, 2.75) is 39.5 Å². The average Bonchev–Trinajstić information content (AvgIpc) is 3.00. The Labute approximate surface area is 142 Å². The summed E-state index contributed by atoms with van der Waals surface area (Å²) in [5.74, 6) is 0.769. The second-order valence-corrected chi connectivity index (χ2v) is 6.18. The summed E-state index contributed by atoms with van der Waals surface area (Å²) in [6.07, 6.45) is 1.68. The van der Waals surface area contributed by atoms with E-state index in [0.717, 1.165) is 24.5 Å². The van der Waals surface area contributed by atoms with Crippen molar-refractivity contribution in [3.8, 4) is 0 Å². The molecule has 0 saturated carbocycles. The maximum Gasteiger partial charge on any atom is 0.318 e. The van der Waals surface area contributed by atoms with Crippen molar-refractivity contribution in [1.82, 2.24) is 25.0 Å². The predicted molar refractivity (Wildman–Crippen MR) is 92.6 cm³/mol. The number of rotatable bonds is 3. The zero-order valence-electron chi connectivity index (χ0n) is 14.4. The highest BCUT2D eigenvalue weighted by Crippen LogP contribution is 2.25. The van der Waals surface area contributed by atoms with Gasteiger partial charge in [0.2, 0.25) is 0 Å². The largest absolute Gasteiger partial charge is 0.372 e. The van der Waals surface area contributed by atoms with Gasteiger partial charge in [-0.2, -0.15) is 0 Å². The lowest BCUT2D eigenvalue weighted by atomic mass is 10.1. The Morgan fingerprint density at radius 1 is 1.38 bits per heavy atom. The zero-order chi connectivity index (χ0) is 17.1. The number of carbonyl (C=O) groups is 1. The molecule has 0 radical (unpaired) electrons. The SMILES string of the molecule is CCn1cnnc1CNC(=O)N1Cc2ccccc2N(C)CC1C. The van der Waals surface area contributed by atoms with Crippen molar-refractivity contribution in [2.24, 2.45) is 0 Å². The molecule has 1 atom stereocenters. The summed E-state index contributed by atoms with van der Waals surface area (Å²) < 4.78 is 1.93. The average molecular weight is 328 g/mol. The molecule has 2 amide bonds. The normalized spacial score (nSPS) is 17.4. The van der Waals surface area contributed by atoms with Gasteiger partial charge < -0.3 is 19.7 Å². The molecule has 2 aromatic rings. The van der Waals surface area contributed by atoms with E-state index < -0.39 is 0 Å². The summed E-state index contributed by atoms with van der Waals surface area (Å²) in [5.41, 5.74) is 2.35. The molecule has 0 saturated heterocycles. The molecule has 1 aliphatic rings. The van der Waals surface area contributed by atoms with Crippen molar-refractivity contribution in [3.05, 3.63) is 42.0 Å². The molecule has 0 aliphatic carbocycles. The molecule has 0 bridgehead atoms. The fraction of sp³-hybridized carbons (Fsp3) is 0.471. The number of nitrogens with one attached hydrogen (secondary N) is 1.